The van der Waals surface area contributed by atoms with E-state index in [1.54, 1.807) is 0 Å². The zero-order valence-corrected chi connectivity index (χ0v) is 8.36. The number of ether oxygens (including phenoxy) is 3. The molecular formula is C10H14O4. The van der Waals surface area contributed by atoms with Crippen LogP contribution in [-0.4, -0.2) is 30.1 Å². The fraction of sp³-hybridized carbons (Fsp3) is 0.900. The number of carbonyl (C=O) groups is 1. The Morgan fingerprint density at radius 2 is 2.07 bits per heavy atom. The summed E-state index contributed by atoms with van der Waals surface area (Å²) in [7, 11) is 0. The van der Waals surface area contributed by atoms with Crippen LogP contribution in [0, 0.1) is 5.92 Å². The van der Waals surface area contributed by atoms with E-state index < -0.39 is 5.79 Å². The predicted octanol–water partition coefficient (Wildman–Crippen LogP) is 0.842. The third-order valence-corrected chi connectivity index (χ3v) is 3.24. The Morgan fingerprint density at radius 1 is 1.29 bits per heavy atom. The van der Waals surface area contributed by atoms with Gasteiger partial charge in [-0.2, -0.15) is 0 Å². The van der Waals surface area contributed by atoms with Gasteiger partial charge in [-0.25, -0.2) is 0 Å². The summed E-state index contributed by atoms with van der Waals surface area (Å²) in [5, 5.41) is 0. The maximum atomic E-state index is 11.1. The van der Waals surface area contributed by atoms with Gasteiger partial charge >= 0.3 is 5.97 Å². The average Bonchev–Trinajstić information content (AvgIpc) is 2.58. The molecule has 0 aromatic rings. The van der Waals surface area contributed by atoms with Crippen molar-refractivity contribution in [1.82, 2.24) is 0 Å². The van der Waals surface area contributed by atoms with E-state index in [9.17, 15) is 4.79 Å². The summed E-state index contributed by atoms with van der Waals surface area (Å²) < 4.78 is 16.7. The quantitative estimate of drug-likeness (QED) is 0.541. The van der Waals surface area contributed by atoms with Gasteiger partial charge in [0.2, 0.25) is 0 Å². The van der Waals surface area contributed by atoms with Crippen LogP contribution in [0.3, 0.4) is 0 Å². The van der Waals surface area contributed by atoms with Gasteiger partial charge < -0.3 is 14.2 Å². The van der Waals surface area contributed by atoms with E-state index in [0.717, 1.165) is 6.42 Å². The first-order chi connectivity index (χ1) is 6.55. The molecule has 1 saturated carbocycles. The Morgan fingerprint density at radius 3 is 2.86 bits per heavy atom. The third kappa shape index (κ3) is 1.10. The Hall–Kier alpha value is -0.610. The van der Waals surface area contributed by atoms with Crippen molar-refractivity contribution in [1.29, 1.82) is 0 Å². The summed E-state index contributed by atoms with van der Waals surface area (Å²) in [5.74, 6) is -0.296. The fourth-order valence-electron chi connectivity index (χ4n) is 2.80. The Balaban J connectivity index is 1.81. The number of esters is 1. The lowest BCUT2D eigenvalue weighted by atomic mass is 10.0. The van der Waals surface area contributed by atoms with Crippen molar-refractivity contribution in [3.05, 3.63) is 0 Å². The van der Waals surface area contributed by atoms with E-state index in [1.165, 1.54) is 0 Å². The van der Waals surface area contributed by atoms with Crippen LogP contribution in [0.15, 0.2) is 0 Å². The van der Waals surface area contributed by atoms with Crippen LogP contribution >= 0.6 is 0 Å². The monoisotopic (exact) mass is 198 g/mol. The number of hydrogen-bond acceptors (Lipinski definition) is 4. The van der Waals surface area contributed by atoms with Gasteiger partial charge in [-0.05, 0) is 20.3 Å². The number of rotatable bonds is 0. The van der Waals surface area contributed by atoms with Crippen molar-refractivity contribution < 1.29 is 19.0 Å². The second-order valence-corrected chi connectivity index (χ2v) is 4.79. The summed E-state index contributed by atoms with van der Waals surface area (Å²) in [6.45, 7) is 3.80. The molecule has 3 fully saturated rings. The zero-order chi connectivity index (χ0) is 9.92. The molecule has 78 valence electrons. The third-order valence-electron chi connectivity index (χ3n) is 3.24. The summed E-state index contributed by atoms with van der Waals surface area (Å²) in [6, 6.07) is 0. The summed E-state index contributed by atoms with van der Waals surface area (Å²) in [5.41, 5.74) is 0. The van der Waals surface area contributed by atoms with Crippen molar-refractivity contribution in [2.75, 3.05) is 0 Å². The largest absolute Gasteiger partial charge is 0.459 e. The van der Waals surface area contributed by atoms with Crippen LogP contribution in [0.1, 0.15) is 26.7 Å². The van der Waals surface area contributed by atoms with Gasteiger partial charge in [-0.3, -0.25) is 4.79 Å². The van der Waals surface area contributed by atoms with Crippen LogP contribution in [-0.2, 0) is 19.0 Å². The van der Waals surface area contributed by atoms with Crippen LogP contribution in [0.25, 0.3) is 0 Å². The molecule has 3 rings (SSSR count). The van der Waals surface area contributed by atoms with Crippen LogP contribution < -0.4 is 0 Å². The normalized spacial score (nSPS) is 48.9. The lowest BCUT2D eigenvalue weighted by Crippen LogP contribution is -2.31. The van der Waals surface area contributed by atoms with Crippen molar-refractivity contribution in [2.45, 2.75) is 50.8 Å². The van der Waals surface area contributed by atoms with Crippen LogP contribution in [0.2, 0.25) is 0 Å². The number of hydrogen-bond donors (Lipinski definition) is 0. The molecule has 0 bridgehead atoms. The van der Waals surface area contributed by atoms with E-state index in [4.69, 9.17) is 14.2 Å². The smallest absolute Gasteiger partial charge is 0.306 e. The lowest BCUT2D eigenvalue weighted by Gasteiger charge is -2.21. The van der Waals surface area contributed by atoms with Crippen LogP contribution in [0.5, 0.6) is 0 Å². The molecule has 4 nitrogen and oxygen atoms in total. The molecule has 2 aliphatic heterocycles. The molecule has 0 aromatic carbocycles. The Labute approximate surface area is 82.5 Å². The van der Waals surface area contributed by atoms with E-state index in [-0.39, 0.29) is 24.3 Å². The van der Waals surface area contributed by atoms with Gasteiger partial charge in [-0.15, -0.1) is 0 Å². The van der Waals surface area contributed by atoms with E-state index >= 15 is 0 Å². The van der Waals surface area contributed by atoms with Gasteiger partial charge in [0.15, 0.2) is 5.79 Å². The van der Waals surface area contributed by atoms with E-state index in [0.29, 0.717) is 12.3 Å². The van der Waals surface area contributed by atoms with Crippen LogP contribution in [0.4, 0.5) is 0 Å². The molecule has 14 heavy (non-hydrogen) atoms. The minimum Gasteiger partial charge on any atom is -0.459 e. The van der Waals surface area contributed by atoms with Crippen molar-refractivity contribution in [2.24, 2.45) is 5.92 Å². The first-order valence-corrected chi connectivity index (χ1v) is 5.10. The molecule has 2 heterocycles. The van der Waals surface area contributed by atoms with E-state index in [1.807, 2.05) is 13.8 Å². The summed E-state index contributed by atoms with van der Waals surface area (Å²) in [4.78, 5) is 11.1. The predicted molar refractivity (Wildman–Crippen MR) is 46.4 cm³/mol. The summed E-state index contributed by atoms with van der Waals surface area (Å²) >= 11 is 0. The van der Waals surface area contributed by atoms with Crippen molar-refractivity contribution in [3.63, 3.8) is 0 Å². The highest BCUT2D eigenvalue weighted by molar-refractivity contribution is 5.72. The minimum atomic E-state index is -0.519. The second kappa shape index (κ2) is 2.49. The maximum absolute atomic E-state index is 11.1. The SMILES string of the molecule is CC1(C)OC2[C@H]3OC(=O)CC3C[C@@H]2O1. The number of fused-ring (bicyclic) bond motifs is 3. The van der Waals surface area contributed by atoms with Gasteiger partial charge in [0.25, 0.3) is 0 Å². The van der Waals surface area contributed by atoms with Gasteiger partial charge in [-0.1, -0.05) is 0 Å². The van der Waals surface area contributed by atoms with Crippen molar-refractivity contribution >= 4 is 5.97 Å². The molecule has 4 heteroatoms. The van der Waals surface area contributed by atoms with E-state index in [2.05, 4.69) is 0 Å². The molecule has 0 amide bonds. The molecule has 2 unspecified atom stereocenters. The standard InChI is InChI=1S/C10H14O4/c1-10(2)13-6-3-5-4-7(11)12-8(5)9(6)14-10/h5-6,8-9H,3-4H2,1-2H3/t5?,6-,8-,9?/m0/s1. The maximum Gasteiger partial charge on any atom is 0.306 e. The number of carbonyl (C=O) groups excluding carboxylic acids is 1. The summed E-state index contributed by atoms with van der Waals surface area (Å²) in [6.07, 6.45) is 1.44. The molecule has 1 aliphatic carbocycles. The average molecular weight is 198 g/mol. The molecule has 0 N–H and O–H groups in total. The highest BCUT2D eigenvalue weighted by Gasteiger charge is 2.57. The van der Waals surface area contributed by atoms with Crippen molar-refractivity contribution in [3.8, 4) is 0 Å². The molecule has 4 atom stereocenters. The zero-order valence-electron chi connectivity index (χ0n) is 8.36. The Kier molecular flexibility index (Phi) is 1.55. The topological polar surface area (TPSA) is 44.8 Å². The molecule has 0 aromatic heterocycles. The fourth-order valence-corrected chi connectivity index (χ4v) is 2.80. The lowest BCUT2D eigenvalue weighted by molar-refractivity contribution is -0.169. The molecule has 3 aliphatic rings. The minimum absolute atomic E-state index is 0.0403. The first-order valence-electron chi connectivity index (χ1n) is 5.10. The molecular weight excluding hydrogens is 184 g/mol. The van der Waals surface area contributed by atoms with Gasteiger partial charge in [0, 0.05) is 5.92 Å². The highest BCUT2D eigenvalue weighted by atomic mass is 16.8. The molecule has 0 radical (unpaired) electrons. The van der Waals surface area contributed by atoms with Gasteiger partial charge in [0.05, 0.1) is 12.5 Å². The molecule has 2 saturated heterocycles. The van der Waals surface area contributed by atoms with Gasteiger partial charge in [0.1, 0.15) is 12.2 Å². The second-order valence-electron chi connectivity index (χ2n) is 4.79. The Bertz CT molecular complexity index is 286. The molecule has 0 spiro atoms. The highest BCUT2D eigenvalue weighted by Crippen LogP contribution is 2.46. The first kappa shape index (κ1) is 8.68.